The van der Waals surface area contributed by atoms with Crippen molar-refractivity contribution in [1.82, 2.24) is 4.57 Å². The third kappa shape index (κ3) is 4.54. The van der Waals surface area contributed by atoms with Crippen LogP contribution in [0.1, 0.15) is 57.2 Å². The van der Waals surface area contributed by atoms with Crippen LogP contribution in [0.2, 0.25) is 0 Å². The Hall–Kier alpha value is -2.58. The van der Waals surface area contributed by atoms with Gasteiger partial charge in [0, 0.05) is 10.8 Å². The number of ether oxygens (including phenoxy) is 1. The van der Waals surface area contributed by atoms with Crippen LogP contribution in [0, 0.1) is 0 Å². The first-order chi connectivity index (χ1) is 14.4. The molecule has 0 saturated heterocycles. The van der Waals surface area contributed by atoms with Crippen molar-refractivity contribution in [3.8, 4) is 0 Å². The first kappa shape index (κ1) is 19.7. The highest BCUT2D eigenvalue weighted by molar-refractivity contribution is 6.08. The Morgan fingerprint density at radius 1 is 0.690 bits per heavy atom. The van der Waals surface area contributed by atoms with E-state index in [9.17, 15) is 0 Å². The molecule has 0 aliphatic rings. The van der Waals surface area contributed by atoms with Crippen molar-refractivity contribution < 1.29 is 4.74 Å². The maximum Gasteiger partial charge on any atom is 0.134 e. The second-order valence-electron chi connectivity index (χ2n) is 7.86. The topological polar surface area (TPSA) is 14.2 Å². The minimum atomic E-state index is 0.0432. The van der Waals surface area contributed by atoms with E-state index < -0.39 is 0 Å². The Bertz CT molecular complexity index is 981. The Balaban J connectivity index is 1.65. The number of benzene rings is 3. The second kappa shape index (κ2) is 9.76. The van der Waals surface area contributed by atoms with Gasteiger partial charge in [0.25, 0.3) is 0 Å². The van der Waals surface area contributed by atoms with Gasteiger partial charge in [0.2, 0.25) is 0 Å². The standard InChI is InChI=1S/C27H31NO/c1-2-3-4-5-9-20-27(29-21-22-14-7-6-8-15-22)28-25-18-12-10-16-23(25)24-17-11-13-19-26(24)28/h6-8,10-19,27H,2-5,9,20-21H2,1H3. The normalized spacial score (nSPS) is 12.6. The number of rotatable bonds is 10. The van der Waals surface area contributed by atoms with Crippen molar-refractivity contribution in [3.63, 3.8) is 0 Å². The summed E-state index contributed by atoms with van der Waals surface area (Å²) in [6.07, 6.45) is 7.47. The van der Waals surface area contributed by atoms with Gasteiger partial charge in [0.15, 0.2) is 0 Å². The fraction of sp³-hybridized carbons (Fsp3) is 0.333. The second-order valence-corrected chi connectivity index (χ2v) is 7.86. The van der Waals surface area contributed by atoms with Gasteiger partial charge in [-0.1, -0.05) is 99.3 Å². The van der Waals surface area contributed by atoms with Crippen LogP contribution in [0.5, 0.6) is 0 Å². The maximum absolute atomic E-state index is 6.56. The summed E-state index contributed by atoms with van der Waals surface area (Å²) in [5, 5.41) is 2.62. The van der Waals surface area contributed by atoms with Crippen molar-refractivity contribution in [3.05, 3.63) is 84.4 Å². The maximum atomic E-state index is 6.56. The Labute approximate surface area is 174 Å². The monoisotopic (exact) mass is 385 g/mol. The lowest BCUT2D eigenvalue weighted by Crippen LogP contribution is -2.13. The van der Waals surface area contributed by atoms with Crippen molar-refractivity contribution in [2.45, 2.75) is 58.3 Å². The molecule has 2 nitrogen and oxygen atoms in total. The highest BCUT2D eigenvalue weighted by Gasteiger charge is 2.18. The van der Waals surface area contributed by atoms with E-state index in [0.29, 0.717) is 6.61 Å². The molecule has 0 bridgehead atoms. The van der Waals surface area contributed by atoms with E-state index in [-0.39, 0.29) is 6.23 Å². The molecule has 3 aromatic carbocycles. The van der Waals surface area contributed by atoms with E-state index in [4.69, 9.17) is 4.74 Å². The summed E-state index contributed by atoms with van der Waals surface area (Å²) < 4.78 is 8.98. The van der Waals surface area contributed by atoms with Crippen LogP contribution < -0.4 is 0 Å². The molecular weight excluding hydrogens is 354 g/mol. The molecule has 1 atom stereocenters. The number of unbranched alkanes of at least 4 members (excludes halogenated alkanes) is 4. The van der Waals surface area contributed by atoms with E-state index in [1.54, 1.807) is 0 Å². The fourth-order valence-corrected chi connectivity index (χ4v) is 4.24. The summed E-state index contributed by atoms with van der Waals surface area (Å²) in [7, 11) is 0. The summed E-state index contributed by atoms with van der Waals surface area (Å²) >= 11 is 0. The molecule has 2 heteroatoms. The van der Waals surface area contributed by atoms with Gasteiger partial charge >= 0.3 is 0 Å². The highest BCUT2D eigenvalue weighted by Crippen LogP contribution is 2.34. The molecule has 4 rings (SSSR count). The molecule has 1 unspecified atom stereocenters. The molecule has 0 spiro atoms. The minimum absolute atomic E-state index is 0.0432. The number of hydrogen-bond donors (Lipinski definition) is 0. The SMILES string of the molecule is CCCCCCCC(OCc1ccccc1)n1c2ccccc2c2ccccc21. The quantitative estimate of drug-likeness (QED) is 0.253. The van der Waals surface area contributed by atoms with Gasteiger partial charge in [-0.2, -0.15) is 0 Å². The van der Waals surface area contributed by atoms with Crippen LogP contribution in [0.25, 0.3) is 21.8 Å². The number of aromatic nitrogens is 1. The van der Waals surface area contributed by atoms with Crippen molar-refractivity contribution >= 4 is 21.8 Å². The molecule has 0 aliphatic carbocycles. The summed E-state index contributed by atoms with van der Waals surface area (Å²) in [6, 6.07) is 27.9. The van der Waals surface area contributed by atoms with Crippen LogP contribution in [-0.2, 0) is 11.3 Å². The molecule has 4 aromatic rings. The average molecular weight is 386 g/mol. The lowest BCUT2D eigenvalue weighted by Gasteiger charge is -2.22. The molecule has 29 heavy (non-hydrogen) atoms. The molecule has 0 aliphatic heterocycles. The third-order valence-corrected chi connectivity index (χ3v) is 5.75. The van der Waals surface area contributed by atoms with Crippen LogP contribution in [0.15, 0.2) is 78.9 Å². The molecule has 0 amide bonds. The van der Waals surface area contributed by atoms with Gasteiger partial charge in [-0.25, -0.2) is 0 Å². The van der Waals surface area contributed by atoms with E-state index in [2.05, 4.69) is 90.4 Å². The van der Waals surface area contributed by atoms with Crippen molar-refractivity contribution in [2.75, 3.05) is 0 Å². The van der Waals surface area contributed by atoms with Gasteiger partial charge in [-0.05, 0) is 30.5 Å². The Morgan fingerprint density at radius 2 is 1.28 bits per heavy atom. The van der Waals surface area contributed by atoms with Crippen LogP contribution in [0.4, 0.5) is 0 Å². The van der Waals surface area contributed by atoms with Gasteiger partial charge in [-0.15, -0.1) is 0 Å². The predicted molar refractivity (Wildman–Crippen MR) is 123 cm³/mol. The molecule has 0 fully saturated rings. The van der Waals surface area contributed by atoms with E-state index >= 15 is 0 Å². The minimum Gasteiger partial charge on any atom is -0.353 e. The molecule has 0 saturated carbocycles. The first-order valence-corrected chi connectivity index (χ1v) is 11.0. The van der Waals surface area contributed by atoms with Gasteiger partial charge < -0.3 is 9.30 Å². The van der Waals surface area contributed by atoms with Gasteiger partial charge in [0.1, 0.15) is 6.23 Å². The average Bonchev–Trinajstić information content (AvgIpc) is 3.11. The number of hydrogen-bond acceptors (Lipinski definition) is 1. The largest absolute Gasteiger partial charge is 0.353 e. The predicted octanol–water partition coefficient (Wildman–Crippen LogP) is 7.87. The lowest BCUT2D eigenvalue weighted by molar-refractivity contribution is -0.0113. The van der Waals surface area contributed by atoms with Crippen LogP contribution in [-0.4, -0.2) is 4.57 Å². The summed E-state index contributed by atoms with van der Waals surface area (Å²) in [4.78, 5) is 0. The molecule has 0 N–H and O–H groups in total. The summed E-state index contributed by atoms with van der Waals surface area (Å²) in [6.45, 7) is 2.91. The van der Waals surface area contributed by atoms with Gasteiger partial charge in [-0.3, -0.25) is 0 Å². The summed E-state index contributed by atoms with van der Waals surface area (Å²) in [5.74, 6) is 0. The number of nitrogens with zero attached hydrogens (tertiary/aromatic N) is 1. The summed E-state index contributed by atoms with van der Waals surface area (Å²) in [5.41, 5.74) is 3.75. The first-order valence-electron chi connectivity index (χ1n) is 11.0. The van der Waals surface area contributed by atoms with Gasteiger partial charge in [0.05, 0.1) is 17.6 Å². The molecule has 1 aromatic heterocycles. The highest BCUT2D eigenvalue weighted by atomic mass is 16.5. The molecule has 0 radical (unpaired) electrons. The molecule has 150 valence electrons. The van der Waals surface area contributed by atoms with E-state index in [1.807, 2.05) is 0 Å². The van der Waals surface area contributed by atoms with Crippen molar-refractivity contribution in [2.24, 2.45) is 0 Å². The number of fused-ring (bicyclic) bond motifs is 3. The van der Waals surface area contributed by atoms with E-state index in [1.165, 1.54) is 59.5 Å². The van der Waals surface area contributed by atoms with E-state index in [0.717, 1.165) is 6.42 Å². The smallest absolute Gasteiger partial charge is 0.134 e. The van der Waals surface area contributed by atoms with Crippen LogP contribution >= 0.6 is 0 Å². The Morgan fingerprint density at radius 3 is 1.93 bits per heavy atom. The zero-order valence-corrected chi connectivity index (χ0v) is 17.4. The van der Waals surface area contributed by atoms with Crippen molar-refractivity contribution in [1.29, 1.82) is 0 Å². The molecule has 1 heterocycles. The zero-order chi connectivity index (χ0) is 19.9. The Kier molecular flexibility index (Phi) is 6.63. The van der Waals surface area contributed by atoms with Crippen LogP contribution in [0.3, 0.4) is 0 Å². The fourth-order valence-electron chi connectivity index (χ4n) is 4.24. The number of para-hydroxylation sites is 2. The third-order valence-electron chi connectivity index (χ3n) is 5.75. The lowest BCUT2D eigenvalue weighted by atomic mass is 10.1. The molecular formula is C27H31NO. The zero-order valence-electron chi connectivity index (χ0n) is 17.4.